The van der Waals surface area contributed by atoms with Crippen LogP contribution in [0.1, 0.15) is 26.2 Å². The summed E-state index contributed by atoms with van der Waals surface area (Å²) in [4.78, 5) is 0. The first kappa shape index (κ1) is 8.81. The normalized spacial score (nSPS) is 64.1. The van der Waals surface area contributed by atoms with Crippen LogP contribution in [0.15, 0.2) is 12.2 Å². The zero-order valence-corrected chi connectivity index (χ0v) is 9.52. The molecule has 0 spiro atoms. The molecule has 0 aromatic heterocycles. The van der Waals surface area contributed by atoms with Gasteiger partial charge in [-0.05, 0) is 66.7 Å². The standard InChI is InChI=1S/C14H21N/c1-14(7-15)6-10-5-11(14)13-9-3-2-8(4-9)12(10)13/h2-3,8-13H,4-7,15H2,1H3. The molecule has 7 unspecified atom stereocenters. The summed E-state index contributed by atoms with van der Waals surface area (Å²) >= 11 is 0. The Labute approximate surface area is 92.1 Å². The van der Waals surface area contributed by atoms with Gasteiger partial charge in [-0.15, -0.1) is 0 Å². The summed E-state index contributed by atoms with van der Waals surface area (Å²) in [5.41, 5.74) is 6.51. The quantitative estimate of drug-likeness (QED) is 0.514. The molecule has 3 fully saturated rings. The van der Waals surface area contributed by atoms with E-state index in [0.717, 1.165) is 42.1 Å². The van der Waals surface area contributed by atoms with Gasteiger partial charge in [-0.2, -0.15) is 0 Å². The third kappa shape index (κ3) is 0.860. The van der Waals surface area contributed by atoms with Crippen molar-refractivity contribution < 1.29 is 0 Å². The minimum absolute atomic E-state index is 0.490. The summed E-state index contributed by atoms with van der Waals surface area (Å²) < 4.78 is 0. The Morgan fingerprint density at radius 2 is 1.93 bits per heavy atom. The maximum atomic E-state index is 6.02. The Kier molecular flexibility index (Phi) is 1.47. The van der Waals surface area contributed by atoms with E-state index in [0.29, 0.717) is 5.41 Å². The second-order valence-corrected chi connectivity index (χ2v) is 6.77. The largest absolute Gasteiger partial charge is 0.330 e. The fraction of sp³-hybridized carbons (Fsp3) is 0.857. The molecule has 0 aromatic rings. The van der Waals surface area contributed by atoms with Crippen LogP contribution >= 0.6 is 0 Å². The monoisotopic (exact) mass is 203 g/mol. The van der Waals surface area contributed by atoms with E-state index in [2.05, 4.69) is 19.1 Å². The van der Waals surface area contributed by atoms with Gasteiger partial charge in [0.1, 0.15) is 0 Å². The zero-order chi connectivity index (χ0) is 10.2. The van der Waals surface area contributed by atoms with Gasteiger partial charge in [0.15, 0.2) is 0 Å². The molecule has 82 valence electrons. The highest BCUT2D eigenvalue weighted by atomic mass is 14.7. The molecular weight excluding hydrogens is 182 g/mol. The first-order valence-electron chi connectivity index (χ1n) is 6.61. The van der Waals surface area contributed by atoms with Crippen LogP contribution in [-0.2, 0) is 0 Å². The molecule has 0 aliphatic heterocycles. The predicted molar refractivity (Wildman–Crippen MR) is 61.1 cm³/mol. The van der Waals surface area contributed by atoms with Crippen molar-refractivity contribution in [3.8, 4) is 0 Å². The average Bonchev–Trinajstić information content (AvgIpc) is 2.93. The molecule has 4 aliphatic rings. The van der Waals surface area contributed by atoms with Gasteiger partial charge in [-0.3, -0.25) is 0 Å². The lowest BCUT2D eigenvalue weighted by atomic mass is 9.63. The van der Waals surface area contributed by atoms with Crippen molar-refractivity contribution in [2.45, 2.75) is 26.2 Å². The van der Waals surface area contributed by atoms with E-state index in [9.17, 15) is 0 Å². The molecule has 0 saturated heterocycles. The van der Waals surface area contributed by atoms with Crippen molar-refractivity contribution >= 4 is 0 Å². The molecule has 2 N–H and O–H groups in total. The molecule has 0 aromatic carbocycles. The SMILES string of the molecule is CC1(CN)CC2CC1C1C3C=CC(C3)C21. The molecule has 4 aliphatic carbocycles. The average molecular weight is 203 g/mol. The summed E-state index contributed by atoms with van der Waals surface area (Å²) in [5.74, 6) is 5.95. The summed E-state index contributed by atoms with van der Waals surface area (Å²) in [7, 11) is 0. The summed E-state index contributed by atoms with van der Waals surface area (Å²) in [6.07, 6.45) is 9.43. The molecule has 1 heteroatoms. The van der Waals surface area contributed by atoms with E-state index in [1.54, 1.807) is 0 Å². The van der Waals surface area contributed by atoms with Crippen LogP contribution in [0.5, 0.6) is 0 Å². The van der Waals surface area contributed by atoms with Crippen molar-refractivity contribution in [3.63, 3.8) is 0 Å². The number of rotatable bonds is 1. The fourth-order valence-corrected chi connectivity index (χ4v) is 5.72. The van der Waals surface area contributed by atoms with Crippen molar-refractivity contribution in [1.82, 2.24) is 0 Å². The second kappa shape index (κ2) is 2.51. The summed E-state index contributed by atoms with van der Waals surface area (Å²) in [6.45, 7) is 3.36. The lowest BCUT2D eigenvalue weighted by Crippen LogP contribution is -2.41. The Balaban J connectivity index is 1.74. The minimum atomic E-state index is 0.490. The topological polar surface area (TPSA) is 26.0 Å². The maximum absolute atomic E-state index is 6.02. The Hall–Kier alpha value is -0.300. The van der Waals surface area contributed by atoms with Gasteiger partial charge in [0.05, 0.1) is 0 Å². The van der Waals surface area contributed by atoms with Crippen LogP contribution in [-0.4, -0.2) is 6.54 Å². The first-order valence-corrected chi connectivity index (χ1v) is 6.61. The predicted octanol–water partition coefficient (Wildman–Crippen LogP) is 2.43. The van der Waals surface area contributed by atoms with Crippen LogP contribution in [0.25, 0.3) is 0 Å². The number of allylic oxidation sites excluding steroid dienone is 2. The van der Waals surface area contributed by atoms with E-state index < -0.39 is 0 Å². The molecular formula is C14H21N. The molecule has 3 saturated carbocycles. The minimum Gasteiger partial charge on any atom is -0.330 e. The molecule has 7 atom stereocenters. The molecule has 4 rings (SSSR count). The van der Waals surface area contributed by atoms with Gasteiger partial charge in [0.25, 0.3) is 0 Å². The number of hydrogen-bond acceptors (Lipinski definition) is 1. The van der Waals surface area contributed by atoms with Crippen molar-refractivity contribution in [3.05, 3.63) is 12.2 Å². The number of nitrogens with two attached hydrogens (primary N) is 1. The van der Waals surface area contributed by atoms with Gasteiger partial charge >= 0.3 is 0 Å². The van der Waals surface area contributed by atoms with E-state index in [4.69, 9.17) is 5.73 Å². The van der Waals surface area contributed by atoms with Crippen LogP contribution in [0, 0.1) is 40.9 Å². The highest BCUT2D eigenvalue weighted by molar-refractivity contribution is 5.22. The highest BCUT2D eigenvalue weighted by Gasteiger charge is 2.63. The molecule has 15 heavy (non-hydrogen) atoms. The van der Waals surface area contributed by atoms with Crippen LogP contribution in [0.3, 0.4) is 0 Å². The zero-order valence-electron chi connectivity index (χ0n) is 9.52. The lowest BCUT2D eigenvalue weighted by molar-refractivity contribution is 0.0815. The Morgan fingerprint density at radius 1 is 1.20 bits per heavy atom. The van der Waals surface area contributed by atoms with E-state index >= 15 is 0 Å². The Bertz CT molecular complexity index is 334. The van der Waals surface area contributed by atoms with E-state index in [1.165, 1.54) is 19.3 Å². The third-order valence-corrected chi connectivity index (χ3v) is 6.24. The Morgan fingerprint density at radius 3 is 2.67 bits per heavy atom. The maximum Gasteiger partial charge on any atom is -0.00203 e. The van der Waals surface area contributed by atoms with E-state index in [1.807, 2.05) is 0 Å². The van der Waals surface area contributed by atoms with Crippen molar-refractivity contribution in [2.24, 2.45) is 46.7 Å². The summed E-state index contributed by atoms with van der Waals surface area (Å²) in [6, 6.07) is 0. The molecule has 0 radical (unpaired) electrons. The lowest BCUT2D eigenvalue weighted by Gasteiger charge is -2.43. The van der Waals surface area contributed by atoms with E-state index in [-0.39, 0.29) is 0 Å². The smallest absolute Gasteiger partial charge is 0.00203 e. The van der Waals surface area contributed by atoms with Crippen molar-refractivity contribution in [1.29, 1.82) is 0 Å². The first-order chi connectivity index (χ1) is 7.23. The van der Waals surface area contributed by atoms with Crippen LogP contribution in [0.2, 0.25) is 0 Å². The second-order valence-electron chi connectivity index (χ2n) is 6.77. The molecule has 0 heterocycles. The molecule has 0 amide bonds. The van der Waals surface area contributed by atoms with Gasteiger partial charge in [-0.25, -0.2) is 0 Å². The third-order valence-electron chi connectivity index (χ3n) is 6.24. The molecule has 4 bridgehead atoms. The van der Waals surface area contributed by atoms with Gasteiger partial charge in [0.2, 0.25) is 0 Å². The van der Waals surface area contributed by atoms with Crippen LogP contribution in [0.4, 0.5) is 0 Å². The van der Waals surface area contributed by atoms with Gasteiger partial charge in [-0.1, -0.05) is 19.1 Å². The van der Waals surface area contributed by atoms with Crippen molar-refractivity contribution in [2.75, 3.05) is 6.54 Å². The van der Waals surface area contributed by atoms with Gasteiger partial charge < -0.3 is 5.73 Å². The highest BCUT2D eigenvalue weighted by Crippen LogP contribution is 2.69. The summed E-state index contributed by atoms with van der Waals surface area (Å²) in [5, 5.41) is 0. The van der Waals surface area contributed by atoms with Gasteiger partial charge in [0, 0.05) is 0 Å². The van der Waals surface area contributed by atoms with Crippen LogP contribution < -0.4 is 5.73 Å². The molecule has 1 nitrogen and oxygen atoms in total. The fourth-order valence-electron chi connectivity index (χ4n) is 5.72. The number of hydrogen-bond donors (Lipinski definition) is 1. The number of fused-ring (bicyclic) bond motifs is 9.